The molecule has 2 aromatic carbocycles. The third-order valence-electron chi connectivity index (χ3n) is 5.27. The first-order chi connectivity index (χ1) is 13.2. The van der Waals surface area contributed by atoms with E-state index in [0.717, 1.165) is 49.5 Å². The summed E-state index contributed by atoms with van der Waals surface area (Å²) in [6, 6.07) is 12.0. The Morgan fingerprint density at radius 1 is 1.00 bits per heavy atom. The van der Waals surface area contributed by atoms with E-state index in [-0.39, 0.29) is 18.4 Å². The van der Waals surface area contributed by atoms with Crippen LogP contribution in [0.1, 0.15) is 48.9 Å². The van der Waals surface area contributed by atoms with Gasteiger partial charge in [0.15, 0.2) is 6.61 Å². The molecular formula is C22H26N2O3. The number of hydrogen-bond donors (Lipinski definition) is 1. The first kappa shape index (κ1) is 17.8. The molecule has 1 aliphatic heterocycles. The molecule has 0 spiro atoms. The van der Waals surface area contributed by atoms with Gasteiger partial charge in [0.2, 0.25) is 0 Å². The maximum Gasteiger partial charge on any atom is 0.258 e. The van der Waals surface area contributed by atoms with Gasteiger partial charge in [0, 0.05) is 19.1 Å². The largest absolute Gasteiger partial charge is 0.483 e. The number of benzene rings is 2. The van der Waals surface area contributed by atoms with Crippen molar-refractivity contribution < 1.29 is 14.3 Å². The van der Waals surface area contributed by atoms with E-state index in [0.29, 0.717) is 17.4 Å². The second kappa shape index (κ2) is 7.99. The predicted octanol–water partition coefficient (Wildman–Crippen LogP) is 3.51. The van der Waals surface area contributed by atoms with Gasteiger partial charge in [-0.2, -0.15) is 0 Å². The van der Waals surface area contributed by atoms with E-state index in [9.17, 15) is 9.59 Å². The van der Waals surface area contributed by atoms with Gasteiger partial charge >= 0.3 is 0 Å². The van der Waals surface area contributed by atoms with Gasteiger partial charge in [0.05, 0.1) is 5.56 Å². The minimum Gasteiger partial charge on any atom is -0.483 e. The molecule has 1 saturated carbocycles. The zero-order chi connectivity index (χ0) is 18.6. The molecule has 5 heteroatoms. The lowest BCUT2D eigenvalue weighted by Gasteiger charge is -2.22. The average molecular weight is 366 g/mol. The van der Waals surface area contributed by atoms with Crippen molar-refractivity contribution in [2.24, 2.45) is 0 Å². The molecule has 4 rings (SSSR count). The number of carbonyl (C=O) groups is 2. The maximum absolute atomic E-state index is 13.2. The molecular weight excluding hydrogens is 340 g/mol. The van der Waals surface area contributed by atoms with Crippen LogP contribution in [0.2, 0.25) is 0 Å². The van der Waals surface area contributed by atoms with E-state index < -0.39 is 0 Å². The Balaban J connectivity index is 1.59. The first-order valence-electron chi connectivity index (χ1n) is 9.95. The van der Waals surface area contributed by atoms with Gasteiger partial charge in [0.1, 0.15) is 5.75 Å². The number of rotatable bonds is 5. The Morgan fingerprint density at radius 2 is 1.67 bits per heavy atom. The number of carbonyl (C=O) groups excluding carboxylic acids is 2. The van der Waals surface area contributed by atoms with Gasteiger partial charge in [-0.3, -0.25) is 9.59 Å². The zero-order valence-electron chi connectivity index (χ0n) is 15.6. The van der Waals surface area contributed by atoms with Crippen molar-refractivity contribution in [1.29, 1.82) is 0 Å². The Hall–Kier alpha value is -2.56. The van der Waals surface area contributed by atoms with Gasteiger partial charge < -0.3 is 15.0 Å². The van der Waals surface area contributed by atoms with Crippen LogP contribution in [0.25, 0.3) is 10.8 Å². The number of ether oxygens (including phenoxy) is 1. The molecule has 2 aliphatic rings. The Labute approximate surface area is 159 Å². The van der Waals surface area contributed by atoms with Crippen molar-refractivity contribution in [1.82, 2.24) is 10.2 Å². The fraction of sp³-hybridized carbons (Fsp3) is 0.455. The van der Waals surface area contributed by atoms with E-state index in [1.165, 1.54) is 12.8 Å². The molecule has 2 amide bonds. The van der Waals surface area contributed by atoms with Gasteiger partial charge in [-0.15, -0.1) is 0 Å². The van der Waals surface area contributed by atoms with E-state index in [1.807, 2.05) is 41.3 Å². The second-order valence-electron chi connectivity index (χ2n) is 7.53. The standard InChI is InChI=1S/C22H26N2O3/c25-21(23-18-9-10-18)15-27-20-14-17-8-4-3-7-16(17)13-19(20)22(26)24-11-5-1-2-6-12-24/h3-4,7-8,13-14,18H,1-2,5-6,9-12,15H2,(H,23,25). The molecule has 0 atom stereocenters. The van der Waals surface area contributed by atoms with Crippen LogP contribution in [-0.2, 0) is 4.79 Å². The molecule has 5 nitrogen and oxygen atoms in total. The summed E-state index contributed by atoms with van der Waals surface area (Å²) in [4.78, 5) is 27.1. The monoisotopic (exact) mass is 366 g/mol. The lowest BCUT2D eigenvalue weighted by Crippen LogP contribution is -2.33. The molecule has 1 aliphatic carbocycles. The zero-order valence-corrected chi connectivity index (χ0v) is 15.6. The number of nitrogens with one attached hydrogen (secondary N) is 1. The Morgan fingerprint density at radius 3 is 2.33 bits per heavy atom. The van der Waals surface area contributed by atoms with Gasteiger partial charge in [-0.05, 0) is 48.6 Å². The molecule has 142 valence electrons. The highest BCUT2D eigenvalue weighted by atomic mass is 16.5. The van der Waals surface area contributed by atoms with Crippen LogP contribution in [0, 0.1) is 0 Å². The average Bonchev–Trinajstić information content (AvgIpc) is 3.52. The van der Waals surface area contributed by atoms with Crippen molar-refractivity contribution in [3.8, 4) is 5.75 Å². The number of fused-ring (bicyclic) bond motifs is 1. The lowest BCUT2D eigenvalue weighted by atomic mass is 10.0. The third-order valence-corrected chi connectivity index (χ3v) is 5.27. The summed E-state index contributed by atoms with van der Waals surface area (Å²) < 4.78 is 5.82. The van der Waals surface area contributed by atoms with E-state index >= 15 is 0 Å². The lowest BCUT2D eigenvalue weighted by molar-refractivity contribution is -0.123. The summed E-state index contributed by atoms with van der Waals surface area (Å²) in [7, 11) is 0. The molecule has 27 heavy (non-hydrogen) atoms. The predicted molar refractivity (Wildman–Crippen MR) is 105 cm³/mol. The molecule has 1 saturated heterocycles. The summed E-state index contributed by atoms with van der Waals surface area (Å²) in [5.74, 6) is 0.368. The van der Waals surface area contributed by atoms with Crippen LogP contribution in [0.4, 0.5) is 0 Å². The van der Waals surface area contributed by atoms with Crippen LogP contribution < -0.4 is 10.1 Å². The third kappa shape index (κ3) is 4.41. The van der Waals surface area contributed by atoms with Gasteiger partial charge in [0.25, 0.3) is 11.8 Å². The molecule has 0 radical (unpaired) electrons. The van der Waals surface area contributed by atoms with Crippen molar-refractivity contribution in [2.45, 2.75) is 44.6 Å². The van der Waals surface area contributed by atoms with Crippen LogP contribution in [-0.4, -0.2) is 42.5 Å². The SMILES string of the molecule is O=C(COc1cc2ccccc2cc1C(=O)N1CCCCCC1)NC1CC1. The minimum absolute atomic E-state index is 0.000235. The smallest absolute Gasteiger partial charge is 0.258 e. The number of likely N-dealkylation sites (tertiary alicyclic amines) is 1. The summed E-state index contributed by atoms with van der Waals surface area (Å²) >= 11 is 0. The summed E-state index contributed by atoms with van der Waals surface area (Å²) in [6.45, 7) is 1.51. The minimum atomic E-state index is -0.126. The van der Waals surface area contributed by atoms with E-state index in [1.54, 1.807) is 0 Å². The molecule has 0 unspecified atom stereocenters. The second-order valence-corrected chi connectivity index (χ2v) is 7.53. The normalized spacial score (nSPS) is 17.4. The summed E-state index contributed by atoms with van der Waals surface area (Å²) in [5, 5.41) is 4.93. The highest BCUT2D eigenvalue weighted by Gasteiger charge is 2.25. The molecule has 1 N–H and O–H groups in total. The topological polar surface area (TPSA) is 58.6 Å². The van der Waals surface area contributed by atoms with Crippen molar-refractivity contribution in [3.05, 3.63) is 42.0 Å². The molecule has 0 aromatic heterocycles. The summed E-state index contributed by atoms with van der Waals surface area (Å²) in [6.07, 6.45) is 6.51. The van der Waals surface area contributed by atoms with Crippen LogP contribution in [0.3, 0.4) is 0 Å². The first-order valence-corrected chi connectivity index (χ1v) is 9.95. The van der Waals surface area contributed by atoms with E-state index in [2.05, 4.69) is 5.32 Å². The van der Waals surface area contributed by atoms with Gasteiger partial charge in [-0.1, -0.05) is 37.1 Å². The van der Waals surface area contributed by atoms with Crippen LogP contribution in [0.5, 0.6) is 5.75 Å². The Bertz CT molecular complexity index is 837. The van der Waals surface area contributed by atoms with Crippen molar-refractivity contribution >= 4 is 22.6 Å². The summed E-state index contributed by atoms with van der Waals surface area (Å²) in [5.41, 5.74) is 0.551. The number of hydrogen-bond acceptors (Lipinski definition) is 3. The fourth-order valence-corrected chi connectivity index (χ4v) is 3.59. The van der Waals surface area contributed by atoms with Crippen LogP contribution >= 0.6 is 0 Å². The quantitative estimate of drug-likeness (QED) is 0.881. The highest BCUT2D eigenvalue weighted by molar-refractivity contribution is 6.01. The highest BCUT2D eigenvalue weighted by Crippen LogP contribution is 2.28. The Kier molecular flexibility index (Phi) is 5.28. The molecule has 2 aromatic rings. The molecule has 0 bridgehead atoms. The van der Waals surface area contributed by atoms with Gasteiger partial charge in [-0.25, -0.2) is 0 Å². The van der Waals surface area contributed by atoms with E-state index in [4.69, 9.17) is 4.74 Å². The molecule has 2 fully saturated rings. The van der Waals surface area contributed by atoms with Crippen molar-refractivity contribution in [3.63, 3.8) is 0 Å². The fourth-order valence-electron chi connectivity index (χ4n) is 3.59. The molecule has 1 heterocycles. The number of amides is 2. The maximum atomic E-state index is 13.2. The van der Waals surface area contributed by atoms with Crippen molar-refractivity contribution in [2.75, 3.05) is 19.7 Å². The number of nitrogens with zero attached hydrogens (tertiary/aromatic N) is 1. The van der Waals surface area contributed by atoms with Crippen LogP contribution in [0.15, 0.2) is 36.4 Å².